The normalized spacial score (nSPS) is 14.6. The molecule has 1 unspecified atom stereocenters. The van der Waals surface area contributed by atoms with E-state index in [2.05, 4.69) is 133 Å². The number of furan rings is 1. The average Bonchev–Trinajstić information content (AvgIpc) is 3.59. The second kappa shape index (κ2) is 9.28. The average molecular weight is 531 g/mol. The molecule has 7 aromatic rings. The maximum atomic E-state index is 6.23. The van der Waals surface area contributed by atoms with E-state index in [4.69, 9.17) is 4.42 Å². The van der Waals surface area contributed by atoms with E-state index in [0.29, 0.717) is 0 Å². The Morgan fingerprint density at radius 2 is 1.41 bits per heavy atom. The monoisotopic (exact) mass is 530 g/mol. The van der Waals surface area contributed by atoms with Gasteiger partial charge in [-0.25, -0.2) is 0 Å². The summed E-state index contributed by atoms with van der Waals surface area (Å²) in [7, 11) is 0. The fourth-order valence-electron chi connectivity index (χ4n) is 6.59. The van der Waals surface area contributed by atoms with Crippen molar-refractivity contribution in [2.75, 3.05) is 10.2 Å². The topological polar surface area (TPSA) is 28.4 Å². The van der Waals surface area contributed by atoms with Crippen LogP contribution in [0.3, 0.4) is 0 Å². The summed E-state index contributed by atoms with van der Waals surface area (Å²) in [5.74, 6) is 0. The number of rotatable bonds is 4. The molecule has 8 rings (SSSR count). The second-order valence-corrected chi connectivity index (χ2v) is 11.0. The molecule has 0 radical (unpaired) electrons. The summed E-state index contributed by atoms with van der Waals surface area (Å²) in [6, 6.07) is 43.7. The van der Waals surface area contributed by atoms with Crippen molar-refractivity contribution < 1.29 is 4.42 Å². The summed E-state index contributed by atoms with van der Waals surface area (Å²) in [6.07, 6.45) is 1.27. The molecule has 3 heteroatoms. The van der Waals surface area contributed by atoms with Gasteiger partial charge in [-0.1, -0.05) is 85.8 Å². The second-order valence-electron chi connectivity index (χ2n) is 11.0. The minimum absolute atomic E-state index is 0.255. The van der Waals surface area contributed by atoms with E-state index in [1.165, 1.54) is 55.7 Å². The molecule has 0 saturated carbocycles. The van der Waals surface area contributed by atoms with Gasteiger partial charge < -0.3 is 14.6 Å². The van der Waals surface area contributed by atoms with Crippen molar-refractivity contribution in [1.29, 1.82) is 0 Å². The molecular weight excluding hydrogens is 500 g/mol. The smallest absolute Gasteiger partial charge is 0.136 e. The van der Waals surface area contributed by atoms with Gasteiger partial charge >= 0.3 is 0 Å². The first-order valence-electron chi connectivity index (χ1n) is 14.4. The predicted octanol–water partition coefficient (Wildman–Crippen LogP) is 10.7. The first kappa shape index (κ1) is 23.8. The van der Waals surface area contributed by atoms with Gasteiger partial charge in [-0.15, -0.1) is 0 Å². The third-order valence-electron chi connectivity index (χ3n) is 8.58. The molecule has 41 heavy (non-hydrogen) atoms. The summed E-state index contributed by atoms with van der Waals surface area (Å²) in [6.45, 7) is 4.44. The van der Waals surface area contributed by atoms with Crippen molar-refractivity contribution in [1.82, 2.24) is 0 Å². The lowest BCUT2D eigenvalue weighted by Crippen LogP contribution is -2.30. The van der Waals surface area contributed by atoms with Crippen LogP contribution in [-0.4, -0.2) is 6.17 Å². The minimum Gasteiger partial charge on any atom is -0.456 e. The van der Waals surface area contributed by atoms with Gasteiger partial charge in [-0.3, -0.25) is 0 Å². The molecule has 1 aromatic heterocycles. The highest BCUT2D eigenvalue weighted by Crippen LogP contribution is 2.43. The standard InChI is InChI=1S/C38H30N2O/c1-3-37-39-33-12-5-6-13-34(33)40(37)27-19-16-25(17-20-27)28-21-15-24(2)38-29(10-8-11-32(28)38)26-18-22-31-30-9-4-7-14-35(30)41-36(31)23-26/h4-23,37,39H,3H2,1-2H3. The Morgan fingerprint density at radius 3 is 2.29 bits per heavy atom. The Labute approximate surface area is 239 Å². The van der Waals surface area contributed by atoms with Crippen LogP contribution < -0.4 is 10.2 Å². The number of para-hydroxylation sites is 3. The summed E-state index contributed by atoms with van der Waals surface area (Å²) >= 11 is 0. The van der Waals surface area contributed by atoms with Crippen LogP contribution in [0.5, 0.6) is 0 Å². The van der Waals surface area contributed by atoms with E-state index in [1.807, 2.05) is 12.1 Å². The van der Waals surface area contributed by atoms with Crippen LogP contribution in [0.2, 0.25) is 0 Å². The number of hydrogen-bond acceptors (Lipinski definition) is 3. The van der Waals surface area contributed by atoms with Crippen LogP contribution >= 0.6 is 0 Å². The van der Waals surface area contributed by atoms with Gasteiger partial charge in [0.15, 0.2) is 0 Å². The quantitative estimate of drug-likeness (QED) is 0.245. The first-order chi connectivity index (χ1) is 20.2. The summed E-state index contributed by atoms with van der Waals surface area (Å²) < 4.78 is 6.23. The van der Waals surface area contributed by atoms with E-state index in [9.17, 15) is 0 Å². The molecule has 0 fully saturated rings. The van der Waals surface area contributed by atoms with E-state index < -0.39 is 0 Å². The maximum Gasteiger partial charge on any atom is 0.136 e. The highest BCUT2D eigenvalue weighted by molar-refractivity contribution is 6.09. The van der Waals surface area contributed by atoms with Crippen LogP contribution in [0.1, 0.15) is 18.9 Å². The molecule has 0 saturated heterocycles. The number of benzene rings is 6. The molecule has 0 bridgehead atoms. The van der Waals surface area contributed by atoms with E-state index in [0.717, 1.165) is 28.4 Å². The van der Waals surface area contributed by atoms with Gasteiger partial charge in [0.05, 0.1) is 11.4 Å². The number of hydrogen-bond donors (Lipinski definition) is 1. The zero-order valence-electron chi connectivity index (χ0n) is 23.2. The van der Waals surface area contributed by atoms with E-state index in [1.54, 1.807) is 0 Å². The predicted molar refractivity (Wildman–Crippen MR) is 173 cm³/mol. The van der Waals surface area contributed by atoms with Crippen LogP contribution in [0.15, 0.2) is 126 Å². The van der Waals surface area contributed by atoms with Crippen molar-refractivity contribution in [2.24, 2.45) is 0 Å². The Morgan fingerprint density at radius 1 is 0.659 bits per heavy atom. The van der Waals surface area contributed by atoms with Gasteiger partial charge in [-0.2, -0.15) is 0 Å². The third-order valence-corrected chi connectivity index (χ3v) is 8.58. The van der Waals surface area contributed by atoms with E-state index in [-0.39, 0.29) is 6.17 Å². The number of fused-ring (bicyclic) bond motifs is 5. The maximum absolute atomic E-state index is 6.23. The van der Waals surface area contributed by atoms with Gasteiger partial charge in [0.2, 0.25) is 0 Å². The van der Waals surface area contributed by atoms with Crippen molar-refractivity contribution in [3.05, 3.63) is 127 Å². The highest BCUT2D eigenvalue weighted by atomic mass is 16.3. The Kier molecular flexibility index (Phi) is 5.39. The molecule has 0 amide bonds. The summed E-state index contributed by atoms with van der Waals surface area (Å²) in [5.41, 5.74) is 11.6. The molecule has 1 aliphatic heterocycles. The molecule has 6 aromatic carbocycles. The lowest BCUT2D eigenvalue weighted by atomic mass is 9.90. The number of nitrogens with one attached hydrogen (secondary N) is 1. The summed E-state index contributed by atoms with van der Waals surface area (Å²) in [4.78, 5) is 2.42. The number of anilines is 3. The molecule has 0 aliphatic carbocycles. The molecule has 1 N–H and O–H groups in total. The molecule has 2 heterocycles. The zero-order valence-corrected chi connectivity index (χ0v) is 23.2. The minimum atomic E-state index is 0.255. The van der Waals surface area contributed by atoms with Gasteiger partial charge in [0, 0.05) is 16.5 Å². The fourth-order valence-corrected chi connectivity index (χ4v) is 6.59. The van der Waals surface area contributed by atoms with Crippen molar-refractivity contribution >= 4 is 49.8 Å². The lowest BCUT2D eigenvalue weighted by molar-refractivity contribution is 0.669. The number of nitrogens with zero attached hydrogens (tertiary/aromatic N) is 1. The van der Waals surface area contributed by atoms with Gasteiger partial charge in [-0.05, 0) is 94.4 Å². The van der Waals surface area contributed by atoms with Crippen molar-refractivity contribution in [3.8, 4) is 22.3 Å². The van der Waals surface area contributed by atoms with Crippen LogP contribution in [-0.2, 0) is 0 Å². The Hall–Kier alpha value is -5.02. The fraction of sp³-hybridized carbons (Fsp3) is 0.105. The van der Waals surface area contributed by atoms with Gasteiger partial charge in [0.1, 0.15) is 17.3 Å². The van der Waals surface area contributed by atoms with Gasteiger partial charge in [0.25, 0.3) is 0 Å². The molecule has 3 nitrogen and oxygen atoms in total. The molecule has 1 atom stereocenters. The zero-order chi connectivity index (χ0) is 27.5. The molecule has 1 aliphatic rings. The Balaban J connectivity index is 1.22. The van der Waals surface area contributed by atoms with Crippen molar-refractivity contribution in [2.45, 2.75) is 26.4 Å². The lowest BCUT2D eigenvalue weighted by Gasteiger charge is -2.26. The highest BCUT2D eigenvalue weighted by Gasteiger charge is 2.28. The third kappa shape index (κ3) is 3.73. The van der Waals surface area contributed by atoms with Crippen LogP contribution in [0.25, 0.3) is 55.0 Å². The first-order valence-corrected chi connectivity index (χ1v) is 14.4. The SMILES string of the molecule is CCC1Nc2ccccc2N1c1ccc(-c2ccc(C)c3c(-c4ccc5c(c4)oc4ccccc45)cccc23)cc1. The summed E-state index contributed by atoms with van der Waals surface area (Å²) in [5, 5.41) is 8.53. The molecule has 0 spiro atoms. The van der Waals surface area contributed by atoms with Crippen LogP contribution in [0, 0.1) is 6.92 Å². The van der Waals surface area contributed by atoms with Crippen LogP contribution in [0.4, 0.5) is 17.1 Å². The largest absolute Gasteiger partial charge is 0.456 e. The molecule has 198 valence electrons. The molecular formula is C38H30N2O. The van der Waals surface area contributed by atoms with E-state index >= 15 is 0 Å². The van der Waals surface area contributed by atoms with Crippen molar-refractivity contribution in [3.63, 3.8) is 0 Å². The Bertz CT molecular complexity index is 2090. The number of aryl methyl sites for hydroxylation is 1.